The Hall–Kier alpha value is -1.73. The third-order valence-corrected chi connectivity index (χ3v) is 5.04. The van der Waals surface area contributed by atoms with Crippen molar-refractivity contribution in [2.24, 2.45) is 5.92 Å². The van der Waals surface area contributed by atoms with Crippen LogP contribution in [0.2, 0.25) is 0 Å². The molecule has 0 amide bonds. The lowest BCUT2D eigenvalue weighted by Crippen LogP contribution is -2.27. The number of carbonyl (C=O) groups is 1. The fourth-order valence-electron chi connectivity index (χ4n) is 2.98. The van der Waals surface area contributed by atoms with Gasteiger partial charge in [0, 0.05) is 23.9 Å². The van der Waals surface area contributed by atoms with Crippen molar-refractivity contribution in [2.45, 2.75) is 25.4 Å². The molecular weight excluding hydrogens is 412 g/mol. The molecule has 0 N–H and O–H groups in total. The highest BCUT2D eigenvalue weighted by molar-refractivity contribution is 9.10. The standard InChI is InChI=1S/C21H23BrO5/c1-24-20-11-17(13-26-21(23)16-5-3-2-4-6-16)19(27-20)14-25-12-15-7-9-18(22)10-8-15/h2-10,17,19-20H,11-14H2,1H3/t17-,19+,20?/m1/s1. The first-order chi connectivity index (χ1) is 13.2. The van der Waals surface area contributed by atoms with Crippen LogP contribution >= 0.6 is 15.9 Å². The molecule has 1 aliphatic heterocycles. The van der Waals surface area contributed by atoms with Gasteiger partial charge >= 0.3 is 5.97 Å². The summed E-state index contributed by atoms with van der Waals surface area (Å²) < 4.78 is 23.5. The highest BCUT2D eigenvalue weighted by Gasteiger charge is 2.36. The van der Waals surface area contributed by atoms with Crippen LogP contribution in [0.1, 0.15) is 22.3 Å². The molecule has 2 aromatic rings. The summed E-state index contributed by atoms with van der Waals surface area (Å²) in [5.41, 5.74) is 1.63. The molecule has 2 aromatic carbocycles. The third kappa shape index (κ3) is 5.87. The summed E-state index contributed by atoms with van der Waals surface area (Å²) >= 11 is 3.42. The molecule has 0 radical (unpaired) electrons. The van der Waals surface area contributed by atoms with E-state index >= 15 is 0 Å². The van der Waals surface area contributed by atoms with Crippen LogP contribution in [0, 0.1) is 5.92 Å². The van der Waals surface area contributed by atoms with Crippen molar-refractivity contribution in [2.75, 3.05) is 20.3 Å². The number of carbonyl (C=O) groups excluding carboxylic acids is 1. The van der Waals surface area contributed by atoms with Crippen LogP contribution in [-0.2, 0) is 25.6 Å². The van der Waals surface area contributed by atoms with Crippen LogP contribution in [0.15, 0.2) is 59.1 Å². The Labute approximate surface area is 167 Å². The molecule has 5 nitrogen and oxygen atoms in total. The summed E-state index contributed by atoms with van der Waals surface area (Å²) in [6.07, 6.45) is 0.200. The van der Waals surface area contributed by atoms with Gasteiger partial charge in [0.05, 0.1) is 31.5 Å². The average Bonchev–Trinajstić information content (AvgIpc) is 3.10. The van der Waals surface area contributed by atoms with E-state index in [1.165, 1.54) is 0 Å². The number of methoxy groups -OCH3 is 1. The lowest BCUT2D eigenvalue weighted by molar-refractivity contribution is -0.132. The molecule has 0 aliphatic carbocycles. The van der Waals surface area contributed by atoms with Gasteiger partial charge in [-0.25, -0.2) is 4.79 Å². The maximum atomic E-state index is 12.2. The van der Waals surface area contributed by atoms with Crippen LogP contribution in [0.4, 0.5) is 0 Å². The van der Waals surface area contributed by atoms with E-state index in [0.29, 0.717) is 25.2 Å². The monoisotopic (exact) mass is 434 g/mol. The van der Waals surface area contributed by atoms with Crippen LogP contribution in [0.25, 0.3) is 0 Å². The van der Waals surface area contributed by atoms with Gasteiger partial charge in [0.1, 0.15) is 0 Å². The quantitative estimate of drug-likeness (QED) is 0.582. The zero-order valence-corrected chi connectivity index (χ0v) is 16.8. The summed E-state index contributed by atoms with van der Waals surface area (Å²) in [5.74, 6) is -0.293. The van der Waals surface area contributed by atoms with Gasteiger partial charge in [0.25, 0.3) is 0 Å². The zero-order valence-electron chi connectivity index (χ0n) is 15.2. The molecule has 0 bridgehead atoms. The van der Waals surface area contributed by atoms with Crippen LogP contribution in [0.5, 0.6) is 0 Å². The molecule has 1 heterocycles. The minimum absolute atomic E-state index is 0.0348. The number of esters is 1. The number of hydrogen-bond donors (Lipinski definition) is 0. The summed E-state index contributed by atoms with van der Waals surface area (Å²) in [7, 11) is 1.61. The average molecular weight is 435 g/mol. The van der Waals surface area contributed by atoms with Gasteiger partial charge in [0.15, 0.2) is 6.29 Å². The minimum atomic E-state index is -0.328. The molecule has 6 heteroatoms. The molecule has 0 aromatic heterocycles. The molecule has 3 atom stereocenters. The second-order valence-electron chi connectivity index (χ2n) is 6.44. The highest BCUT2D eigenvalue weighted by atomic mass is 79.9. The first-order valence-electron chi connectivity index (χ1n) is 8.88. The number of hydrogen-bond acceptors (Lipinski definition) is 5. The summed E-state index contributed by atoms with van der Waals surface area (Å²) in [5, 5.41) is 0. The number of halogens is 1. The Morgan fingerprint density at radius 2 is 1.85 bits per heavy atom. The van der Waals surface area contributed by atoms with Crippen molar-refractivity contribution in [3.8, 4) is 0 Å². The van der Waals surface area contributed by atoms with E-state index in [4.69, 9.17) is 18.9 Å². The Balaban J connectivity index is 1.49. The molecule has 0 spiro atoms. The molecule has 1 saturated heterocycles. The van der Waals surface area contributed by atoms with Gasteiger partial charge in [-0.3, -0.25) is 0 Å². The van der Waals surface area contributed by atoms with Crippen LogP contribution < -0.4 is 0 Å². The van der Waals surface area contributed by atoms with Gasteiger partial charge in [0.2, 0.25) is 0 Å². The topological polar surface area (TPSA) is 54.0 Å². The Bertz CT molecular complexity index is 719. The van der Waals surface area contributed by atoms with E-state index in [1.807, 2.05) is 42.5 Å². The Morgan fingerprint density at radius 1 is 1.11 bits per heavy atom. The molecular formula is C21H23BrO5. The smallest absolute Gasteiger partial charge is 0.338 e. The first-order valence-corrected chi connectivity index (χ1v) is 9.67. The van der Waals surface area contributed by atoms with Gasteiger partial charge in [-0.15, -0.1) is 0 Å². The van der Waals surface area contributed by atoms with Crippen LogP contribution in [-0.4, -0.2) is 38.7 Å². The second kappa shape index (κ2) is 9.99. The van der Waals surface area contributed by atoms with E-state index in [-0.39, 0.29) is 30.9 Å². The fraction of sp³-hybridized carbons (Fsp3) is 0.381. The van der Waals surface area contributed by atoms with Crippen molar-refractivity contribution in [1.29, 1.82) is 0 Å². The van der Waals surface area contributed by atoms with E-state index in [0.717, 1.165) is 10.0 Å². The predicted octanol–water partition coefficient (Wildman–Crippen LogP) is 4.20. The number of rotatable bonds is 8. The van der Waals surface area contributed by atoms with Crippen molar-refractivity contribution >= 4 is 21.9 Å². The number of benzene rings is 2. The predicted molar refractivity (Wildman–Crippen MR) is 104 cm³/mol. The second-order valence-corrected chi connectivity index (χ2v) is 7.36. The maximum Gasteiger partial charge on any atom is 0.338 e. The molecule has 1 aliphatic rings. The van der Waals surface area contributed by atoms with Crippen molar-refractivity contribution in [1.82, 2.24) is 0 Å². The summed E-state index contributed by atoms with van der Waals surface area (Å²) in [4.78, 5) is 12.2. The maximum absolute atomic E-state index is 12.2. The van der Waals surface area contributed by atoms with E-state index < -0.39 is 0 Å². The van der Waals surface area contributed by atoms with Crippen molar-refractivity contribution in [3.63, 3.8) is 0 Å². The van der Waals surface area contributed by atoms with Gasteiger partial charge in [-0.2, -0.15) is 0 Å². The van der Waals surface area contributed by atoms with Gasteiger partial charge in [-0.1, -0.05) is 46.3 Å². The lowest BCUT2D eigenvalue weighted by Gasteiger charge is -2.18. The molecule has 0 saturated carbocycles. The molecule has 1 unspecified atom stereocenters. The molecule has 27 heavy (non-hydrogen) atoms. The zero-order chi connectivity index (χ0) is 19.1. The highest BCUT2D eigenvalue weighted by Crippen LogP contribution is 2.28. The van der Waals surface area contributed by atoms with Gasteiger partial charge in [-0.05, 0) is 29.8 Å². The summed E-state index contributed by atoms with van der Waals surface area (Å²) in [6, 6.07) is 17.0. The first kappa shape index (κ1) is 20.0. The van der Waals surface area contributed by atoms with E-state index in [2.05, 4.69) is 15.9 Å². The van der Waals surface area contributed by atoms with E-state index in [1.54, 1.807) is 19.2 Å². The molecule has 3 rings (SSSR count). The summed E-state index contributed by atoms with van der Waals surface area (Å²) in [6.45, 7) is 1.20. The Morgan fingerprint density at radius 3 is 2.56 bits per heavy atom. The number of ether oxygens (including phenoxy) is 4. The molecule has 144 valence electrons. The Kier molecular flexibility index (Phi) is 7.41. The SMILES string of the molecule is COC1C[C@H](COC(=O)c2ccccc2)[C@H](COCc2ccc(Br)cc2)O1. The third-order valence-electron chi connectivity index (χ3n) is 4.51. The van der Waals surface area contributed by atoms with Crippen molar-refractivity contribution < 1.29 is 23.7 Å². The van der Waals surface area contributed by atoms with E-state index in [9.17, 15) is 4.79 Å². The lowest BCUT2D eigenvalue weighted by atomic mass is 10.0. The van der Waals surface area contributed by atoms with Crippen LogP contribution in [0.3, 0.4) is 0 Å². The largest absolute Gasteiger partial charge is 0.462 e. The van der Waals surface area contributed by atoms with Crippen molar-refractivity contribution in [3.05, 3.63) is 70.2 Å². The van der Waals surface area contributed by atoms with Gasteiger partial charge < -0.3 is 18.9 Å². The normalized spacial score (nSPS) is 21.9. The fourth-order valence-corrected chi connectivity index (χ4v) is 3.24. The minimum Gasteiger partial charge on any atom is -0.462 e. The molecule has 1 fully saturated rings.